The maximum Gasteiger partial charge on any atom is 0.319 e. The van der Waals surface area contributed by atoms with Crippen molar-refractivity contribution in [3.05, 3.63) is 22.7 Å². The predicted octanol–water partition coefficient (Wildman–Crippen LogP) is 2.99. The first-order valence-electron chi connectivity index (χ1n) is 6.48. The highest BCUT2D eigenvalue weighted by molar-refractivity contribution is 9.10. The summed E-state index contributed by atoms with van der Waals surface area (Å²) < 4.78 is 5.84. The molecule has 0 radical (unpaired) electrons. The summed E-state index contributed by atoms with van der Waals surface area (Å²) in [6.07, 6.45) is 0.303. The molecular formula is C14H21BrN2O3. The maximum absolute atomic E-state index is 11.8. The second kappa shape index (κ2) is 8.11. The van der Waals surface area contributed by atoms with E-state index in [0.29, 0.717) is 24.4 Å². The van der Waals surface area contributed by atoms with Crippen LogP contribution < -0.4 is 15.4 Å². The number of hydrogen-bond acceptors (Lipinski definition) is 3. The third-order valence-electron chi connectivity index (χ3n) is 2.78. The summed E-state index contributed by atoms with van der Waals surface area (Å²) in [7, 11) is 1.59. The molecule has 20 heavy (non-hydrogen) atoms. The summed E-state index contributed by atoms with van der Waals surface area (Å²) in [5.74, 6) is 0.938. The molecule has 0 aromatic heterocycles. The number of carbonyl (C=O) groups is 1. The van der Waals surface area contributed by atoms with E-state index in [1.54, 1.807) is 32.2 Å². The van der Waals surface area contributed by atoms with Crippen LogP contribution >= 0.6 is 15.9 Å². The van der Waals surface area contributed by atoms with Gasteiger partial charge in [0.2, 0.25) is 0 Å². The lowest BCUT2D eigenvalue weighted by atomic mass is 10.1. The number of aliphatic hydroxyl groups is 1. The molecule has 0 heterocycles. The van der Waals surface area contributed by atoms with Crippen molar-refractivity contribution in [2.75, 3.05) is 19.0 Å². The zero-order valence-electron chi connectivity index (χ0n) is 11.9. The monoisotopic (exact) mass is 344 g/mol. The van der Waals surface area contributed by atoms with Gasteiger partial charge in [0.25, 0.3) is 0 Å². The number of amides is 2. The van der Waals surface area contributed by atoms with Crippen molar-refractivity contribution in [3.8, 4) is 5.75 Å². The molecule has 3 N–H and O–H groups in total. The number of methoxy groups -OCH3 is 1. The molecule has 0 fully saturated rings. The molecule has 2 amide bonds. The number of carbonyl (C=O) groups excluding carboxylic acids is 1. The van der Waals surface area contributed by atoms with Gasteiger partial charge < -0.3 is 20.5 Å². The molecule has 0 saturated carbocycles. The third kappa shape index (κ3) is 5.79. The fourth-order valence-electron chi connectivity index (χ4n) is 1.82. The highest BCUT2D eigenvalue weighted by atomic mass is 79.9. The quantitative estimate of drug-likeness (QED) is 0.742. The Labute approximate surface area is 127 Å². The molecule has 1 rings (SSSR count). The van der Waals surface area contributed by atoms with Crippen LogP contribution in [-0.2, 0) is 0 Å². The van der Waals surface area contributed by atoms with Gasteiger partial charge >= 0.3 is 6.03 Å². The van der Waals surface area contributed by atoms with Crippen LogP contribution in [0.3, 0.4) is 0 Å². The van der Waals surface area contributed by atoms with E-state index >= 15 is 0 Å². The van der Waals surface area contributed by atoms with Gasteiger partial charge in [-0.05, 0) is 53.4 Å². The number of urea groups is 1. The molecule has 112 valence electrons. The molecule has 0 aliphatic rings. The van der Waals surface area contributed by atoms with E-state index in [0.717, 1.165) is 4.47 Å². The number of rotatable bonds is 6. The van der Waals surface area contributed by atoms with Gasteiger partial charge in [0.1, 0.15) is 5.75 Å². The maximum atomic E-state index is 11.8. The molecule has 0 aliphatic heterocycles. The number of nitrogens with one attached hydrogen (secondary N) is 2. The first kappa shape index (κ1) is 16.8. The van der Waals surface area contributed by atoms with Gasteiger partial charge in [0.15, 0.2) is 0 Å². The molecule has 0 bridgehead atoms. The van der Waals surface area contributed by atoms with Crippen LogP contribution in [0.25, 0.3) is 0 Å². The summed E-state index contributed by atoms with van der Waals surface area (Å²) in [5.41, 5.74) is 0.673. The SMILES string of the molecule is COc1ccc(NC(=O)NC[C@H](C)C[C@H](C)O)c(Br)c1. The number of anilines is 1. The molecule has 2 atom stereocenters. The summed E-state index contributed by atoms with van der Waals surface area (Å²) >= 11 is 3.37. The predicted molar refractivity (Wildman–Crippen MR) is 83.2 cm³/mol. The summed E-state index contributed by atoms with van der Waals surface area (Å²) in [4.78, 5) is 11.8. The van der Waals surface area contributed by atoms with Crippen LogP contribution in [0.1, 0.15) is 20.3 Å². The lowest BCUT2D eigenvalue weighted by molar-refractivity contribution is 0.163. The minimum absolute atomic E-state index is 0.222. The Bertz CT molecular complexity index is 452. The number of halogens is 1. The van der Waals surface area contributed by atoms with Gasteiger partial charge in [-0.15, -0.1) is 0 Å². The van der Waals surface area contributed by atoms with Gasteiger partial charge in [-0.1, -0.05) is 6.92 Å². The van der Waals surface area contributed by atoms with Gasteiger partial charge in [0, 0.05) is 11.0 Å². The lowest BCUT2D eigenvalue weighted by Crippen LogP contribution is -2.33. The summed E-state index contributed by atoms with van der Waals surface area (Å²) in [6.45, 7) is 4.24. The number of ether oxygens (including phenoxy) is 1. The van der Waals surface area contributed by atoms with Crippen LogP contribution in [-0.4, -0.2) is 30.9 Å². The average Bonchev–Trinajstić information content (AvgIpc) is 2.38. The summed E-state index contributed by atoms with van der Waals surface area (Å²) in [5, 5.41) is 14.8. The Kier molecular flexibility index (Phi) is 6.81. The first-order chi connectivity index (χ1) is 9.42. The molecule has 0 spiro atoms. The smallest absolute Gasteiger partial charge is 0.319 e. The zero-order valence-corrected chi connectivity index (χ0v) is 13.5. The molecule has 5 nitrogen and oxygen atoms in total. The highest BCUT2D eigenvalue weighted by Gasteiger charge is 2.09. The minimum atomic E-state index is -0.356. The molecule has 1 aromatic carbocycles. The molecule has 0 unspecified atom stereocenters. The summed E-state index contributed by atoms with van der Waals surface area (Å²) in [6, 6.07) is 5.05. The second-order valence-electron chi connectivity index (χ2n) is 4.87. The van der Waals surface area contributed by atoms with Gasteiger partial charge in [-0.3, -0.25) is 0 Å². The Morgan fingerprint density at radius 2 is 2.15 bits per heavy atom. The molecule has 6 heteroatoms. The fraction of sp³-hybridized carbons (Fsp3) is 0.500. The Morgan fingerprint density at radius 1 is 1.45 bits per heavy atom. The fourth-order valence-corrected chi connectivity index (χ4v) is 2.28. The molecule has 1 aromatic rings. The zero-order chi connectivity index (χ0) is 15.1. The van der Waals surface area contributed by atoms with E-state index in [1.807, 2.05) is 6.92 Å². The van der Waals surface area contributed by atoms with Crippen LogP contribution in [0.5, 0.6) is 5.75 Å². The average molecular weight is 345 g/mol. The first-order valence-corrected chi connectivity index (χ1v) is 7.28. The van der Waals surface area contributed by atoms with E-state index in [9.17, 15) is 9.90 Å². The number of benzene rings is 1. The lowest BCUT2D eigenvalue weighted by Gasteiger charge is -2.15. The van der Waals surface area contributed by atoms with Crippen LogP contribution in [0.15, 0.2) is 22.7 Å². The number of hydrogen-bond donors (Lipinski definition) is 3. The van der Waals surface area contributed by atoms with E-state index < -0.39 is 0 Å². The van der Waals surface area contributed by atoms with Crippen molar-refractivity contribution in [2.24, 2.45) is 5.92 Å². The van der Waals surface area contributed by atoms with Crippen molar-refractivity contribution < 1.29 is 14.6 Å². The second-order valence-corrected chi connectivity index (χ2v) is 5.73. The normalized spacial score (nSPS) is 13.4. The minimum Gasteiger partial charge on any atom is -0.497 e. The molecular weight excluding hydrogens is 324 g/mol. The highest BCUT2D eigenvalue weighted by Crippen LogP contribution is 2.26. The molecule has 0 saturated heterocycles. The van der Waals surface area contributed by atoms with Gasteiger partial charge in [-0.2, -0.15) is 0 Å². The number of aliphatic hydroxyl groups excluding tert-OH is 1. The van der Waals surface area contributed by atoms with E-state index in [2.05, 4.69) is 26.6 Å². The topological polar surface area (TPSA) is 70.6 Å². The Hall–Kier alpha value is -1.27. The Balaban J connectivity index is 2.46. The largest absolute Gasteiger partial charge is 0.497 e. The van der Waals surface area contributed by atoms with Crippen molar-refractivity contribution in [2.45, 2.75) is 26.4 Å². The van der Waals surface area contributed by atoms with Crippen molar-refractivity contribution in [3.63, 3.8) is 0 Å². The van der Waals surface area contributed by atoms with E-state index in [1.165, 1.54) is 0 Å². The Morgan fingerprint density at radius 3 is 2.70 bits per heavy atom. The van der Waals surface area contributed by atoms with E-state index in [-0.39, 0.29) is 18.1 Å². The molecule has 0 aliphatic carbocycles. The van der Waals surface area contributed by atoms with Gasteiger partial charge in [-0.25, -0.2) is 4.79 Å². The van der Waals surface area contributed by atoms with Crippen LogP contribution in [0.4, 0.5) is 10.5 Å². The van der Waals surface area contributed by atoms with Crippen LogP contribution in [0, 0.1) is 5.92 Å². The van der Waals surface area contributed by atoms with E-state index in [4.69, 9.17) is 4.74 Å². The van der Waals surface area contributed by atoms with Crippen molar-refractivity contribution in [1.29, 1.82) is 0 Å². The standard InChI is InChI=1S/C14H21BrN2O3/c1-9(6-10(2)18)8-16-14(19)17-13-5-4-11(20-3)7-12(13)15/h4-5,7,9-10,18H,6,8H2,1-3H3,(H2,16,17,19)/t9-,10+/m1/s1. The van der Waals surface area contributed by atoms with Crippen molar-refractivity contribution in [1.82, 2.24) is 5.32 Å². The van der Waals surface area contributed by atoms with Crippen molar-refractivity contribution >= 4 is 27.6 Å². The third-order valence-corrected chi connectivity index (χ3v) is 3.44. The van der Waals surface area contributed by atoms with Gasteiger partial charge in [0.05, 0.1) is 18.9 Å². The van der Waals surface area contributed by atoms with Crippen LogP contribution in [0.2, 0.25) is 0 Å².